The number of hydrogen-bond donors (Lipinski definition) is 1. The summed E-state index contributed by atoms with van der Waals surface area (Å²) in [6.45, 7) is -0.372. The number of rotatable bonds is 2. The van der Waals surface area contributed by atoms with Gasteiger partial charge in [0.2, 0.25) is 0 Å². The van der Waals surface area contributed by atoms with Gasteiger partial charge in [0.1, 0.15) is 0 Å². The van der Waals surface area contributed by atoms with Gasteiger partial charge in [0.05, 0.1) is 18.5 Å². The molecule has 2 rings (SSSR count). The monoisotopic (exact) mass is 254 g/mol. The van der Waals surface area contributed by atoms with E-state index in [1.807, 2.05) is 0 Å². The second kappa shape index (κ2) is 4.65. The van der Waals surface area contributed by atoms with Crippen LogP contribution in [0.25, 0.3) is 5.69 Å². The SMILES string of the molecule is O=c1c(CO)cccn1-c1cnc(Cl)c(F)c1. The Morgan fingerprint density at radius 1 is 1.53 bits per heavy atom. The van der Waals surface area contributed by atoms with Crippen LogP contribution >= 0.6 is 11.6 Å². The zero-order valence-corrected chi connectivity index (χ0v) is 9.36. The number of pyridine rings is 2. The molecule has 0 unspecified atom stereocenters. The minimum Gasteiger partial charge on any atom is -0.391 e. The lowest BCUT2D eigenvalue weighted by atomic mass is 10.3. The molecule has 0 amide bonds. The van der Waals surface area contributed by atoms with E-state index < -0.39 is 11.4 Å². The summed E-state index contributed by atoms with van der Waals surface area (Å²) in [5.74, 6) is -0.703. The average Bonchev–Trinajstić information content (AvgIpc) is 2.33. The van der Waals surface area contributed by atoms with E-state index in [9.17, 15) is 9.18 Å². The minimum absolute atomic E-state index is 0.225. The molecule has 0 aromatic carbocycles. The van der Waals surface area contributed by atoms with Gasteiger partial charge in [0.15, 0.2) is 11.0 Å². The molecule has 0 saturated heterocycles. The molecule has 0 spiro atoms. The van der Waals surface area contributed by atoms with Crippen LogP contribution in [0, 0.1) is 5.82 Å². The molecular weight excluding hydrogens is 247 g/mol. The highest BCUT2D eigenvalue weighted by Gasteiger charge is 2.07. The van der Waals surface area contributed by atoms with Crippen LogP contribution in [0.5, 0.6) is 0 Å². The fourth-order valence-corrected chi connectivity index (χ4v) is 1.51. The lowest BCUT2D eigenvalue weighted by Crippen LogP contribution is -2.21. The third-order valence-electron chi connectivity index (χ3n) is 2.26. The van der Waals surface area contributed by atoms with E-state index in [1.165, 1.54) is 23.0 Å². The summed E-state index contributed by atoms with van der Waals surface area (Å²) in [6.07, 6.45) is 2.75. The lowest BCUT2D eigenvalue weighted by Gasteiger charge is -2.06. The van der Waals surface area contributed by atoms with Crippen molar-refractivity contribution in [2.45, 2.75) is 6.61 Å². The van der Waals surface area contributed by atoms with E-state index in [1.54, 1.807) is 6.07 Å². The van der Waals surface area contributed by atoms with E-state index in [4.69, 9.17) is 16.7 Å². The number of nitrogens with zero attached hydrogens (tertiary/aromatic N) is 2. The Kier molecular flexibility index (Phi) is 3.21. The first-order valence-corrected chi connectivity index (χ1v) is 5.14. The van der Waals surface area contributed by atoms with Crippen molar-refractivity contribution in [2.24, 2.45) is 0 Å². The summed E-state index contributed by atoms with van der Waals surface area (Å²) in [5, 5.41) is 8.71. The van der Waals surface area contributed by atoms with Gasteiger partial charge in [-0.15, -0.1) is 0 Å². The maximum absolute atomic E-state index is 13.2. The molecule has 4 nitrogen and oxygen atoms in total. The Morgan fingerprint density at radius 2 is 2.29 bits per heavy atom. The third kappa shape index (κ3) is 2.20. The van der Waals surface area contributed by atoms with Crippen molar-refractivity contribution in [1.29, 1.82) is 0 Å². The van der Waals surface area contributed by atoms with Gasteiger partial charge in [-0.25, -0.2) is 9.37 Å². The van der Waals surface area contributed by atoms with Crippen LogP contribution in [-0.2, 0) is 6.61 Å². The Morgan fingerprint density at radius 3 is 2.94 bits per heavy atom. The van der Waals surface area contributed by atoms with Crippen LogP contribution < -0.4 is 5.56 Å². The number of halogens is 2. The molecule has 2 aromatic rings. The Balaban J connectivity index is 2.61. The summed E-state index contributed by atoms with van der Waals surface area (Å²) in [4.78, 5) is 15.4. The Bertz CT molecular complexity index is 613. The smallest absolute Gasteiger partial charge is 0.260 e. The third-order valence-corrected chi connectivity index (χ3v) is 2.53. The highest BCUT2D eigenvalue weighted by molar-refractivity contribution is 6.29. The Labute approximate surface area is 101 Å². The summed E-state index contributed by atoms with van der Waals surface area (Å²) in [7, 11) is 0. The van der Waals surface area contributed by atoms with Crippen molar-refractivity contribution in [3.63, 3.8) is 0 Å². The minimum atomic E-state index is -0.703. The first-order chi connectivity index (χ1) is 8.13. The summed E-state index contributed by atoms with van der Waals surface area (Å²) in [5.41, 5.74) is 0.0635. The standard InChI is InChI=1S/C11H8ClFN2O2/c12-10-9(13)4-8(5-14-10)15-3-1-2-7(6-16)11(15)17/h1-5,16H,6H2. The molecule has 2 heterocycles. The van der Waals surface area contributed by atoms with Crippen molar-refractivity contribution in [3.05, 3.63) is 57.5 Å². The molecule has 2 aromatic heterocycles. The maximum atomic E-state index is 13.2. The molecular formula is C11H8ClFN2O2. The molecule has 1 N–H and O–H groups in total. The van der Waals surface area contributed by atoms with Crippen molar-refractivity contribution in [2.75, 3.05) is 0 Å². The highest BCUT2D eigenvalue weighted by Crippen LogP contribution is 2.14. The van der Waals surface area contributed by atoms with Gasteiger partial charge in [0, 0.05) is 17.8 Å². The lowest BCUT2D eigenvalue weighted by molar-refractivity contribution is 0.279. The number of aliphatic hydroxyl groups is 1. The van der Waals surface area contributed by atoms with E-state index in [0.29, 0.717) is 0 Å². The van der Waals surface area contributed by atoms with Gasteiger partial charge in [-0.1, -0.05) is 11.6 Å². The van der Waals surface area contributed by atoms with Crippen LogP contribution in [0.1, 0.15) is 5.56 Å². The van der Waals surface area contributed by atoms with E-state index >= 15 is 0 Å². The average molecular weight is 255 g/mol. The first kappa shape index (κ1) is 11.8. The van der Waals surface area contributed by atoms with Crippen LogP contribution in [0.2, 0.25) is 5.15 Å². The maximum Gasteiger partial charge on any atom is 0.260 e. The molecule has 0 aliphatic rings. The summed E-state index contributed by atoms with van der Waals surface area (Å²) >= 11 is 5.45. The summed E-state index contributed by atoms with van der Waals surface area (Å²) < 4.78 is 14.4. The van der Waals surface area contributed by atoms with Crippen molar-refractivity contribution in [1.82, 2.24) is 9.55 Å². The second-order valence-electron chi connectivity index (χ2n) is 3.33. The quantitative estimate of drug-likeness (QED) is 0.827. The van der Waals surface area contributed by atoms with Gasteiger partial charge in [-0.2, -0.15) is 0 Å². The number of hydrogen-bond acceptors (Lipinski definition) is 3. The van der Waals surface area contributed by atoms with Crippen LogP contribution in [0.3, 0.4) is 0 Å². The highest BCUT2D eigenvalue weighted by atomic mass is 35.5. The molecule has 0 saturated carbocycles. The molecule has 88 valence electrons. The Hall–Kier alpha value is -1.72. The van der Waals surface area contributed by atoms with Crippen LogP contribution in [0.15, 0.2) is 35.4 Å². The zero-order valence-electron chi connectivity index (χ0n) is 8.60. The number of aromatic nitrogens is 2. The molecule has 0 atom stereocenters. The van der Waals surface area contributed by atoms with Gasteiger partial charge in [-0.3, -0.25) is 9.36 Å². The first-order valence-electron chi connectivity index (χ1n) is 4.76. The van der Waals surface area contributed by atoms with Crippen molar-refractivity contribution >= 4 is 11.6 Å². The molecule has 0 fully saturated rings. The van der Waals surface area contributed by atoms with E-state index in [2.05, 4.69) is 4.98 Å². The normalized spacial score (nSPS) is 10.5. The zero-order chi connectivity index (χ0) is 12.4. The van der Waals surface area contributed by atoms with Crippen LogP contribution in [0.4, 0.5) is 4.39 Å². The molecule has 0 aliphatic heterocycles. The molecule has 17 heavy (non-hydrogen) atoms. The van der Waals surface area contributed by atoms with Crippen molar-refractivity contribution < 1.29 is 9.50 Å². The van der Waals surface area contributed by atoms with Gasteiger partial charge >= 0.3 is 0 Å². The van der Waals surface area contributed by atoms with E-state index in [0.717, 1.165) is 6.07 Å². The van der Waals surface area contributed by atoms with E-state index in [-0.39, 0.29) is 23.0 Å². The molecule has 0 aliphatic carbocycles. The largest absolute Gasteiger partial charge is 0.391 e. The number of aliphatic hydroxyl groups excluding tert-OH is 1. The van der Waals surface area contributed by atoms with Gasteiger partial charge < -0.3 is 5.11 Å². The van der Waals surface area contributed by atoms with Crippen molar-refractivity contribution in [3.8, 4) is 5.69 Å². The fourth-order valence-electron chi connectivity index (χ4n) is 1.41. The van der Waals surface area contributed by atoms with Crippen LogP contribution in [-0.4, -0.2) is 14.7 Å². The topological polar surface area (TPSA) is 55.1 Å². The summed E-state index contributed by atoms with van der Waals surface area (Å²) in [6, 6.07) is 4.19. The van der Waals surface area contributed by atoms with Gasteiger partial charge in [-0.05, 0) is 12.1 Å². The van der Waals surface area contributed by atoms with Gasteiger partial charge in [0.25, 0.3) is 5.56 Å². The predicted molar refractivity (Wildman–Crippen MR) is 60.7 cm³/mol. The predicted octanol–water partition coefficient (Wildman–Crippen LogP) is 1.52. The fraction of sp³-hybridized carbons (Fsp3) is 0.0909. The molecule has 0 bridgehead atoms. The molecule has 6 heteroatoms. The second-order valence-corrected chi connectivity index (χ2v) is 3.69. The molecule has 0 radical (unpaired) electrons.